The van der Waals surface area contributed by atoms with Gasteiger partial charge in [0.2, 0.25) is 10.0 Å². The highest BCUT2D eigenvalue weighted by atomic mass is 35.5. The predicted molar refractivity (Wildman–Crippen MR) is 110 cm³/mol. The number of Topliss-reactive ketones (excluding diaryl/α,β-unsaturated/α-hetero) is 1. The zero-order valence-corrected chi connectivity index (χ0v) is 17.7. The first-order valence-electron chi connectivity index (χ1n) is 9.54. The minimum absolute atomic E-state index is 0.0122. The van der Waals surface area contributed by atoms with E-state index in [9.17, 15) is 22.4 Å². The summed E-state index contributed by atoms with van der Waals surface area (Å²) in [7, 11) is -3.86. The van der Waals surface area contributed by atoms with Crippen LogP contribution in [0.5, 0.6) is 0 Å². The average molecular weight is 454 g/mol. The molecule has 0 amide bonds. The molecule has 6 nitrogen and oxygen atoms in total. The summed E-state index contributed by atoms with van der Waals surface area (Å²) in [5.41, 5.74) is 0.171. The number of halogens is 2. The molecule has 0 unspecified atom stereocenters. The maximum Gasteiger partial charge on any atom is 0.338 e. The monoisotopic (exact) mass is 453 g/mol. The molecule has 0 radical (unpaired) electrons. The molecule has 1 aliphatic heterocycles. The van der Waals surface area contributed by atoms with E-state index in [0.717, 1.165) is 37.8 Å². The molecular formula is C21H21ClFNO5S. The summed E-state index contributed by atoms with van der Waals surface area (Å²) in [5.74, 6) is -1.84. The van der Waals surface area contributed by atoms with E-state index in [4.69, 9.17) is 16.3 Å². The van der Waals surface area contributed by atoms with Crippen LogP contribution in [0.3, 0.4) is 0 Å². The van der Waals surface area contributed by atoms with Crippen molar-refractivity contribution in [2.24, 2.45) is 0 Å². The largest absolute Gasteiger partial charge is 0.454 e. The van der Waals surface area contributed by atoms with Crippen molar-refractivity contribution in [2.45, 2.75) is 30.6 Å². The van der Waals surface area contributed by atoms with Gasteiger partial charge in [0.1, 0.15) is 10.7 Å². The predicted octanol–water partition coefficient (Wildman–Crippen LogP) is 4.08. The molecule has 0 N–H and O–H groups in total. The molecule has 1 aliphatic rings. The van der Waals surface area contributed by atoms with Gasteiger partial charge in [-0.05, 0) is 55.3 Å². The van der Waals surface area contributed by atoms with E-state index in [-0.39, 0.29) is 21.0 Å². The van der Waals surface area contributed by atoms with Gasteiger partial charge in [-0.2, -0.15) is 4.31 Å². The molecule has 9 heteroatoms. The summed E-state index contributed by atoms with van der Waals surface area (Å²) in [6, 6.07) is 8.69. The van der Waals surface area contributed by atoms with E-state index in [1.165, 1.54) is 34.6 Å². The first-order chi connectivity index (χ1) is 14.3. The minimum atomic E-state index is -3.86. The third-order valence-corrected chi connectivity index (χ3v) is 7.23. The number of esters is 1. The highest BCUT2D eigenvalue weighted by molar-refractivity contribution is 7.89. The third kappa shape index (κ3) is 5.24. The second kappa shape index (κ2) is 9.68. The summed E-state index contributed by atoms with van der Waals surface area (Å²) < 4.78 is 45.4. The molecular weight excluding hydrogens is 433 g/mol. The van der Waals surface area contributed by atoms with E-state index in [1.54, 1.807) is 0 Å². The van der Waals surface area contributed by atoms with Crippen molar-refractivity contribution >= 4 is 33.4 Å². The normalized spacial score (nSPS) is 15.4. The summed E-state index contributed by atoms with van der Waals surface area (Å²) in [6.45, 7) is 0.250. The summed E-state index contributed by atoms with van der Waals surface area (Å²) in [6.07, 6.45) is 3.47. The molecule has 0 aliphatic carbocycles. The number of rotatable bonds is 6. The Bertz CT molecular complexity index is 1030. The molecule has 1 saturated heterocycles. The SMILES string of the molecule is O=C(COC(=O)c1ccc(Cl)c(S(=O)(=O)N2CCCCCC2)c1)c1ccc(F)cc1. The topological polar surface area (TPSA) is 80.8 Å². The molecule has 0 aromatic heterocycles. The van der Waals surface area contributed by atoms with E-state index < -0.39 is 34.2 Å². The lowest BCUT2D eigenvalue weighted by atomic mass is 10.1. The molecule has 30 heavy (non-hydrogen) atoms. The fourth-order valence-corrected chi connectivity index (χ4v) is 5.20. The fraction of sp³-hybridized carbons (Fsp3) is 0.333. The van der Waals surface area contributed by atoms with Crippen molar-refractivity contribution in [1.29, 1.82) is 0 Å². The number of ether oxygens (including phenoxy) is 1. The Morgan fingerprint density at radius 1 is 0.967 bits per heavy atom. The van der Waals surface area contributed by atoms with E-state index >= 15 is 0 Å². The number of hydrogen-bond acceptors (Lipinski definition) is 5. The van der Waals surface area contributed by atoms with Gasteiger partial charge in [-0.3, -0.25) is 4.79 Å². The number of ketones is 1. The van der Waals surface area contributed by atoms with Crippen LogP contribution in [0.1, 0.15) is 46.4 Å². The van der Waals surface area contributed by atoms with Crippen LogP contribution >= 0.6 is 11.6 Å². The first-order valence-corrected chi connectivity index (χ1v) is 11.4. The molecule has 2 aromatic rings. The van der Waals surface area contributed by atoms with Crippen molar-refractivity contribution in [2.75, 3.05) is 19.7 Å². The number of hydrogen-bond donors (Lipinski definition) is 0. The van der Waals surface area contributed by atoms with E-state index in [1.807, 2.05) is 0 Å². The van der Waals surface area contributed by atoms with Crippen LogP contribution in [-0.2, 0) is 14.8 Å². The van der Waals surface area contributed by atoms with Crippen LogP contribution in [0.2, 0.25) is 5.02 Å². The lowest BCUT2D eigenvalue weighted by Crippen LogP contribution is -2.32. The molecule has 2 aromatic carbocycles. The second-order valence-electron chi connectivity index (χ2n) is 6.97. The second-order valence-corrected chi connectivity index (χ2v) is 9.28. The van der Waals surface area contributed by atoms with Crippen LogP contribution in [0, 0.1) is 5.82 Å². The van der Waals surface area contributed by atoms with Gasteiger partial charge in [0, 0.05) is 18.7 Å². The van der Waals surface area contributed by atoms with E-state index in [0.29, 0.717) is 13.1 Å². The maximum absolute atomic E-state index is 13.0. The van der Waals surface area contributed by atoms with Crippen LogP contribution in [-0.4, -0.2) is 44.2 Å². The van der Waals surface area contributed by atoms with Crippen molar-refractivity contribution in [1.82, 2.24) is 4.31 Å². The van der Waals surface area contributed by atoms with Gasteiger partial charge in [-0.25, -0.2) is 17.6 Å². The molecule has 0 atom stereocenters. The molecule has 1 heterocycles. The number of carbonyl (C=O) groups is 2. The third-order valence-electron chi connectivity index (χ3n) is 4.85. The van der Waals surface area contributed by atoms with E-state index in [2.05, 4.69) is 0 Å². The lowest BCUT2D eigenvalue weighted by Gasteiger charge is -2.21. The quantitative estimate of drug-likeness (QED) is 0.486. The van der Waals surface area contributed by atoms with Gasteiger partial charge in [0.15, 0.2) is 12.4 Å². The Hall–Kier alpha value is -2.29. The Morgan fingerprint density at radius 2 is 1.57 bits per heavy atom. The van der Waals surface area contributed by atoms with Gasteiger partial charge >= 0.3 is 5.97 Å². The number of carbonyl (C=O) groups excluding carboxylic acids is 2. The molecule has 0 bridgehead atoms. The number of sulfonamides is 1. The van der Waals surface area contributed by atoms with Crippen LogP contribution in [0.15, 0.2) is 47.4 Å². The lowest BCUT2D eigenvalue weighted by molar-refractivity contribution is 0.0474. The molecule has 3 rings (SSSR count). The molecule has 0 saturated carbocycles. The Morgan fingerprint density at radius 3 is 2.20 bits per heavy atom. The molecule has 160 valence electrons. The summed E-state index contributed by atoms with van der Waals surface area (Å²) in [5, 5.41) is 0.0122. The number of nitrogens with zero attached hydrogens (tertiary/aromatic N) is 1. The number of benzene rings is 2. The maximum atomic E-state index is 13.0. The van der Waals surface area contributed by atoms with Crippen LogP contribution < -0.4 is 0 Å². The van der Waals surface area contributed by atoms with Gasteiger partial charge < -0.3 is 4.74 Å². The van der Waals surface area contributed by atoms with Crippen LogP contribution in [0.25, 0.3) is 0 Å². The van der Waals surface area contributed by atoms with Crippen molar-refractivity contribution in [3.05, 3.63) is 64.4 Å². The highest BCUT2D eigenvalue weighted by Gasteiger charge is 2.28. The van der Waals surface area contributed by atoms with Gasteiger partial charge in [0.25, 0.3) is 0 Å². The van der Waals surface area contributed by atoms with Gasteiger partial charge in [0.05, 0.1) is 10.6 Å². The smallest absolute Gasteiger partial charge is 0.338 e. The highest BCUT2D eigenvalue weighted by Crippen LogP contribution is 2.28. The molecule has 1 fully saturated rings. The Balaban J connectivity index is 1.74. The standard InChI is InChI=1S/C21H21ClFNO5S/c22-18-10-7-16(13-20(18)30(27,28)24-11-3-1-2-4-12-24)21(26)29-14-19(25)15-5-8-17(23)9-6-15/h5-10,13H,1-4,11-12,14H2. The van der Waals surface area contributed by atoms with Crippen molar-refractivity contribution < 1.29 is 27.1 Å². The minimum Gasteiger partial charge on any atom is -0.454 e. The Kier molecular flexibility index (Phi) is 7.23. The van der Waals surface area contributed by atoms with Crippen LogP contribution in [0.4, 0.5) is 4.39 Å². The van der Waals surface area contributed by atoms with Crippen molar-refractivity contribution in [3.63, 3.8) is 0 Å². The summed E-state index contributed by atoms with van der Waals surface area (Å²) >= 11 is 6.12. The first kappa shape index (κ1) is 22.4. The molecule has 0 spiro atoms. The zero-order valence-electron chi connectivity index (χ0n) is 16.1. The fourth-order valence-electron chi connectivity index (χ4n) is 3.18. The zero-order chi connectivity index (χ0) is 21.7. The van der Waals surface area contributed by atoms with Crippen molar-refractivity contribution in [3.8, 4) is 0 Å². The average Bonchev–Trinajstić information content (AvgIpc) is 3.02. The Labute approximate surface area is 179 Å². The van der Waals surface area contributed by atoms with Gasteiger partial charge in [-0.15, -0.1) is 0 Å². The van der Waals surface area contributed by atoms with Gasteiger partial charge in [-0.1, -0.05) is 24.4 Å². The summed E-state index contributed by atoms with van der Waals surface area (Å²) in [4.78, 5) is 24.3.